The lowest BCUT2D eigenvalue weighted by molar-refractivity contribution is 0.551. The monoisotopic (exact) mass is 200 g/mol. The molecule has 2 heteroatoms. The van der Waals surface area contributed by atoms with Gasteiger partial charge in [0.2, 0.25) is 0 Å². The molecule has 2 nitrogen and oxygen atoms in total. The van der Waals surface area contributed by atoms with E-state index in [0.717, 1.165) is 13.0 Å². The molecule has 1 saturated carbocycles. The van der Waals surface area contributed by atoms with Gasteiger partial charge in [0.25, 0.3) is 0 Å². The molecule has 15 heavy (non-hydrogen) atoms. The van der Waals surface area contributed by atoms with Gasteiger partial charge in [0, 0.05) is 6.54 Å². The highest BCUT2D eigenvalue weighted by atomic mass is 14.9. The number of nitrogens with zero attached hydrogens (tertiary/aromatic N) is 1. The fourth-order valence-electron chi connectivity index (χ4n) is 1.76. The molecule has 0 aliphatic heterocycles. The van der Waals surface area contributed by atoms with Crippen molar-refractivity contribution in [1.82, 2.24) is 5.32 Å². The first kappa shape index (κ1) is 10.2. The molecule has 1 fully saturated rings. The maximum atomic E-state index is 8.92. The fraction of sp³-hybridized carbons (Fsp3) is 0.462. The van der Waals surface area contributed by atoms with Crippen molar-refractivity contribution in [2.24, 2.45) is 5.92 Å². The summed E-state index contributed by atoms with van der Waals surface area (Å²) in [6, 6.07) is 12.8. The van der Waals surface area contributed by atoms with Crippen LogP contribution in [0.4, 0.5) is 0 Å². The van der Waals surface area contributed by atoms with E-state index in [4.69, 9.17) is 5.26 Å². The Hall–Kier alpha value is -1.33. The first-order valence-corrected chi connectivity index (χ1v) is 5.57. The molecule has 78 valence electrons. The minimum atomic E-state index is 0.0775. The van der Waals surface area contributed by atoms with Crippen LogP contribution >= 0.6 is 0 Å². The highest BCUT2D eigenvalue weighted by Crippen LogP contribution is 2.32. The van der Waals surface area contributed by atoms with Crippen molar-refractivity contribution in [3.63, 3.8) is 0 Å². The molecule has 0 saturated heterocycles. The molecule has 1 N–H and O–H groups in total. The standard InChI is InChI=1S/C13H16N2/c14-10-13(12-6-7-12)15-9-8-11-4-2-1-3-5-11/h1-5,12-13,15H,6-9H2. The van der Waals surface area contributed by atoms with Crippen LogP contribution in [-0.2, 0) is 6.42 Å². The van der Waals surface area contributed by atoms with Gasteiger partial charge in [-0.15, -0.1) is 0 Å². The highest BCUT2D eigenvalue weighted by Gasteiger charge is 2.30. The molecule has 1 aliphatic rings. The third-order valence-corrected chi connectivity index (χ3v) is 2.85. The lowest BCUT2D eigenvalue weighted by Crippen LogP contribution is -2.31. The summed E-state index contributed by atoms with van der Waals surface area (Å²) in [6.07, 6.45) is 3.44. The van der Waals surface area contributed by atoms with Crippen LogP contribution in [0.2, 0.25) is 0 Å². The molecule has 0 spiro atoms. The summed E-state index contributed by atoms with van der Waals surface area (Å²) in [5.41, 5.74) is 1.33. The number of hydrogen-bond acceptors (Lipinski definition) is 2. The third-order valence-electron chi connectivity index (χ3n) is 2.85. The van der Waals surface area contributed by atoms with Gasteiger partial charge in [0.15, 0.2) is 0 Å². The second kappa shape index (κ2) is 4.95. The molecule has 1 aromatic carbocycles. The summed E-state index contributed by atoms with van der Waals surface area (Å²) >= 11 is 0. The summed E-state index contributed by atoms with van der Waals surface area (Å²) in [6.45, 7) is 0.902. The normalized spacial score (nSPS) is 17.0. The molecule has 2 rings (SSSR count). The molecule has 1 aromatic rings. The fourth-order valence-corrected chi connectivity index (χ4v) is 1.76. The number of benzene rings is 1. The smallest absolute Gasteiger partial charge is 0.0981 e. The van der Waals surface area contributed by atoms with E-state index < -0.39 is 0 Å². The first-order valence-electron chi connectivity index (χ1n) is 5.57. The lowest BCUT2D eigenvalue weighted by Gasteiger charge is -2.09. The summed E-state index contributed by atoms with van der Waals surface area (Å²) in [5, 5.41) is 12.2. The van der Waals surface area contributed by atoms with Crippen molar-refractivity contribution < 1.29 is 0 Å². The lowest BCUT2D eigenvalue weighted by atomic mass is 10.1. The van der Waals surface area contributed by atoms with E-state index in [-0.39, 0.29) is 6.04 Å². The average molecular weight is 200 g/mol. The minimum Gasteiger partial charge on any atom is -0.301 e. The van der Waals surface area contributed by atoms with Gasteiger partial charge in [-0.05, 0) is 30.7 Å². The van der Waals surface area contributed by atoms with Crippen molar-refractivity contribution in [3.05, 3.63) is 35.9 Å². The maximum Gasteiger partial charge on any atom is 0.0981 e. The quantitative estimate of drug-likeness (QED) is 0.790. The van der Waals surface area contributed by atoms with Gasteiger partial charge in [-0.3, -0.25) is 0 Å². The average Bonchev–Trinajstić information content (AvgIpc) is 3.10. The zero-order chi connectivity index (χ0) is 10.5. The Labute approximate surface area is 90.9 Å². The molecule has 1 unspecified atom stereocenters. The predicted molar refractivity (Wildman–Crippen MR) is 60.3 cm³/mol. The van der Waals surface area contributed by atoms with Gasteiger partial charge in [0.05, 0.1) is 12.1 Å². The topological polar surface area (TPSA) is 35.8 Å². The number of nitriles is 1. The van der Waals surface area contributed by atoms with E-state index in [0.29, 0.717) is 5.92 Å². The molecular formula is C13H16N2. The Morgan fingerprint density at radius 1 is 1.33 bits per heavy atom. The van der Waals surface area contributed by atoms with E-state index in [9.17, 15) is 0 Å². The van der Waals surface area contributed by atoms with Crippen LogP contribution in [-0.4, -0.2) is 12.6 Å². The van der Waals surface area contributed by atoms with Crippen LogP contribution in [0.1, 0.15) is 18.4 Å². The van der Waals surface area contributed by atoms with E-state index in [1.165, 1.54) is 18.4 Å². The van der Waals surface area contributed by atoms with Gasteiger partial charge < -0.3 is 5.32 Å². The SMILES string of the molecule is N#CC(NCCc1ccccc1)C1CC1. The number of rotatable bonds is 5. The molecule has 0 aromatic heterocycles. The first-order chi connectivity index (χ1) is 7.40. The molecule has 1 atom stereocenters. The Balaban J connectivity index is 1.72. The minimum absolute atomic E-state index is 0.0775. The molecular weight excluding hydrogens is 184 g/mol. The molecule has 1 aliphatic carbocycles. The maximum absolute atomic E-state index is 8.92. The molecule has 0 bridgehead atoms. The summed E-state index contributed by atoms with van der Waals surface area (Å²) in [4.78, 5) is 0. The van der Waals surface area contributed by atoms with Crippen molar-refractivity contribution in [1.29, 1.82) is 5.26 Å². The van der Waals surface area contributed by atoms with Crippen LogP contribution in [0.5, 0.6) is 0 Å². The van der Waals surface area contributed by atoms with Crippen LogP contribution < -0.4 is 5.32 Å². The number of nitrogens with one attached hydrogen (secondary N) is 1. The summed E-state index contributed by atoms with van der Waals surface area (Å²) in [5.74, 6) is 0.616. The van der Waals surface area contributed by atoms with Gasteiger partial charge in [-0.25, -0.2) is 0 Å². The van der Waals surface area contributed by atoms with E-state index in [2.05, 4.69) is 35.7 Å². The van der Waals surface area contributed by atoms with E-state index in [1.54, 1.807) is 0 Å². The van der Waals surface area contributed by atoms with Gasteiger partial charge in [-0.2, -0.15) is 5.26 Å². The number of hydrogen-bond donors (Lipinski definition) is 1. The highest BCUT2D eigenvalue weighted by molar-refractivity contribution is 5.15. The van der Waals surface area contributed by atoms with E-state index in [1.807, 2.05) is 6.07 Å². The second-order valence-electron chi connectivity index (χ2n) is 4.13. The molecule has 0 amide bonds. The zero-order valence-corrected chi connectivity index (χ0v) is 8.82. The van der Waals surface area contributed by atoms with Gasteiger partial charge in [-0.1, -0.05) is 30.3 Å². The molecule has 0 radical (unpaired) electrons. The van der Waals surface area contributed by atoms with Crippen molar-refractivity contribution in [3.8, 4) is 6.07 Å². The van der Waals surface area contributed by atoms with Crippen LogP contribution in [0.15, 0.2) is 30.3 Å². The Morgan fingerprint density at radius 3 is 2.67 bits per heavy atom. The van der Waals surface area contributed by atoms with Crippen LogP contribution in [0, 0.1) is 17.2 Å². The van der Waals surface area contributed by atoms with Gasteiger partial charge in [0.1, 0.15) is 0 Å². The van der Waals surface area contributed by atoms with Crippen LogP contribution in [0.3, 0.4) is 0 Å². The van der Waals surface area contributed by atoms with Crippen molar-refractivity contribution in [2.75, 3.05) is 6.54 Å². The Morgan fingerprint density at radius 2 is 2.07 bits per heavy atom. The summed E-state index contributed by atoms with van der Waals surface area (Å²) in [7, 11) is 0. The van der Waals surface area contributed by atoms with Crippen molar-refractivity contribution >= 4 is 0 Å². The van der Waals surface area contributed by atoms with Gasteiger partial charge >= 0.3 is 0 Å². The largest absolute Gasteiger partial charge is 0.301 e. The molecule has 0 heterocycles. The van der Waals surface area contributed by atoms with E-state index >= 15 is 0 Å². The third kappa shape index (κ3) is 3.07. The predicted octanol–water partition coefficient (Wildman–Crippen LogP) is 2.12. The zero-order valence-electron chi connectivity index (χ0n) is 8.82. The van der Waals surface area contributed by atoms with Crippen molar-refractivity contribution in [2.45, 2.75) is 25.3 Å². The Bertz CT molecular complexity index is 335. The Kier molecular flexibility index (Phi) is 3.37. The second-order valence-corrected chi connectivity index (χ2v) is 4.13. The van der Waals surface area contributed by atoms with Crippen LogP contribution in [0.25, 0.3) is 0 Å². The summed E-state index contributed by atoms with van der Waals surface area (Å²) < 4.78 is 0.